The molecule has 146 valence electrons. The minimum atomic E-state index is -0.191. The standard InChI is InChI=1S/C26H30O2/c1-25-12-10-20(27)16-19(25)8-9-21-22(25)11-13-26(2)23(21)15-18(24(26)28)14-17-6-4-3-5-7-17/h3-7,14,16,21-23H,8-13,15H2,1-2H3/b18-14+. The molecular formula is C26H30O2. The summed E-state index contributed by atoms with van der Waals surface area (Å²) in [4.78, 5) is 25.4. The van der Waals surface area contributed by atoms with Gasteiger partial charge in [-0.25, -0.2) is 0 Å². The first-order chi connectivity index (χ1) is 13.4. The van der Waals surface area contributed by atoms with Gasteiger partial charge in [0.25, 0.3) is 0 Å². The Bertz CT molecular complexity index is 892. The monoisotopic (exact) mass is 374 g/mol. The number of hydrogen-bond acceptors (Lipinski definition) is 2. The molecule has 0 aromatic heterocycles. The fourth-order valence-corrected chi connectivity index (χ4v) is 7.11. The number of allylic oxidation sites excluding steroid dienone is 2. The molecule has 3 fully saturated rings. The van der Waals surface area contributed by atoms with Crippen LogP contribution in [0.3, 0.4) is 0 Å². The fraction of sp³-hybridized carbons (Fsp3) is 0.538. The number of hydrogen-bond donors (Lipinski definition) is 0. The average molecular weight is 375 g/mol. The number of rotatable bonds is 1. The Morgan fingerprint density at radius 2 is 1.71 bits per heavy atom. The highest BCUT2D eigenvalue weighted by atomic mass is 16.1. The number of carbonyl (C=O) groups is 2. The molecule has 0 aliphatic heterocycles. The molecule has 5 atom stereocenters. The van der Waals surface area contributed by atoms with Crippen molar-refractivity contribution in [2.75, 3.05) is 0 Å². The molecule has 4 aliphatic carbocycles. The van der Waals surface area contributed by atoms with E-state index in [9.17, 15) is 9.59 Å². The molecule has 5 unspecified atom stereocenters. The van der Waals surface area contributed by atoms with Crippen molar-refractivity contribution in [3.8, 4) is 0 Å². The summed E-state index contributed by atoms with van der Waals surface area (Å²) in [6.07, 6.45) is 11.0. The molecule has 0 saturated heterocycles. The van der Waals surface area contributed by atoms with Gasteiger partial charge in [-0.05, 0) is 85.0 Å². The predicted molar refractivity (Wildman–Crippen MR) is 112 cm³/mol. The Balaban J connectivity index is 1.49. The van der Waals surface area contributed by atoms with Crippen LogP contribution in [0, 0.1) is 28.6 Å². The Kier molecular flexibility index (Phi) is 4.05. The zero-order valence-electron chi connectivity index (χ0n) is 17.0. The summed E-state index contributed by atoms with van der Waals surface area (Å²) in [6, 6.07) is 10.3. The van der Waals surface area contributed by atoms with E-state index >= 15 is 0 Å². The third kappa shape index (κ3) is 2.53. The molecular weight excluding hydrogens is 344 g/mol. The predicted octanol–water partition coefficient (Wildman–Crippen LogP) is 5.78. The lowest BCUT2D eigenvalue weighted by atomic mass is 9.47. The van der Waals surface area contributed by atoms with Gasteiger partial charge in [0.1, 0.15) is 0 Å². The number of carbonyl (C=O) groups excluding carboxylic acids is 2. The minimum Gasteiger partial charge on any atom is -0.295 e. The Labute approximate surface area is 168 Å². The molecule has 0 N–H and O–H groups in total. The van der Waals surface area contributed by atoms with Gasteiger partial charge in [0.15, 0.2) is 11.6 Å². The van der Waals surface area contributed by atoms with E-state index in [0.717, 1.165) is 49.7 Å². The molecule has 1 aromatic carbocycles. The van der Waals surface area contributed by atoms with Gasteiger partial charge in [-0.15, -0.1) is 0 Å². The SMILES string of the molecule is CC12CCC3C(CCC4=CC(=O)CCC43C)C1C/C(=C\c1ccccc1)C2=O. The molecule has 5 rings (SSSR count). The van der Waals surface area contributed by atoms with E-state index in [4.69, 9.17) is 0 Å². The Morgan fingerprint density at radius 3 is 2.50 bits per heavy atom. The summed E-state index contributed by atoms with van der Waals surface area (Å²) in [6.45, 7) is 4.64. The second-order valence-electron chi connectivity index (χ2n) is 10.0. The first-order valence-corrected chi connectivity index (χ1v) is 11.0. The van der Waals surface area contributed by atoms with Crippen molar-refractivity contribution in [1.29, 1.82) is 0 Å². The highest BCUT2D eigenvalue weighted by Gasteiger charge is 2.60. The molecule has 0 radical (unpaired) electrons. The van der Waals surface area contributed by atoms with Crippen molar-refractivity contribution in [3.63, 3.8) is 0 Å². The third-order valence-electron chi connectivity index (χ3n) is 8.74. The van der Waals surface area contributed by atoms with E-state index in [1.54, 1.807) is 0 Å². The van der Waals surface area contributed by atoms with Gasteiger partial charge in [-0.1, -0.05) is 49.8 Å². The van der Waals surface area contributed by atoms with E-state index in [-0.39, 0.29) is 10.8 Å². The van der Waals surface area contributed by atoms with Crippen LogP contribution in [0.15, 0.2) is 47.6 Å². The average Bonchev–Trinajstić information content (AvgIpc) is 2.94. The number of Topliss-reactive ketones (excluding diaryl/α,β-unsaturated/α-hetero) is 1. The summed E-state index contributed by atoms with van der Waals surface area (Å²) in [5.41, 5.74) is 3.55. The van der Waals surface area contributed by atoms with Gasteiger partial charge in [-0.3, -0.25) is 9.59 Å². The Hall–Kier alpha value is -1.96. The van der Waals surface area contributed by atoms with Gasteiger partial charge in [0, 0.05) is 11.8 Å². The normalized spacial score (nSPS) is 41.3. The molecule has 3 saturated carbocycles. The van der Waals surface area contributed by atoms with Crippen LogP contribution in [0.5, 0.6) is 0 Å². The number of fused-ring (bicyclic) bond motifs is 5. The zero-order chi connectivity index (χ0) is 19.5. The maximum atomic E-state index is 13.4. The molecule has 0 spiro atoms. The minimum absolute atomic E-state index is 0.174. The molecule has 1 aromatic rings. The van der Waals surface area contributed by atoms with Crippen LogP contribution in [0.4, 0.5) is 0 Å². The highest BCUT2D eigenvalue weighted by molar-refractivity contribution is 6.06. The first-order valence-electron chi connectivity index (χ1n) is 11.0. The fourth-order valence-electron chi connectivity index (χ4n) is 7.11. The molecule has 0 bridgehead atoms. The first kappa shape index (κ1) is 18.1. The van der Waals surface area contributed by atoms with Crippen molar-refractivity contribution in [3.05, 3.63) is 53.1 Å². The summed E-state index contributed by atoms with van der Waals surface area (Å²) < 4.78 is 0. The molecule has 0 heterocycles. The quantitative estimate of drug-likeness (QED) is 0.584. The number of benzene rings is 1. The van der Waals surface area contributed by atoms with Crippen molar-refractivity contribution in [2.24, 2.45) is 28.6 Å². The van der Waals surface area contributed by atoms with Crippen molar-refractivity contribution >= 4 is 17.6 Å². The zero-order valence-corrected chi connectivity index (χ0v) is 17.0. The molecule has 2 nitrogen and oxygen atoms in total. The lowest BCUT2D eigenvalue weighted by Gasteiger charge is -2.56. The maximum absolute atomic E-state index is 13.4. The van der Waals surface area contributed by atoms with Crippen LogP contribution in [-0.4, -0.2) is 11.6 Å². The summed E-state index contributed by atoms with van der Waals surface area (Å²) >= 11 is 0. The number of ketones is 2. The van der Waals surface area contributed by atoms with Crippen molar-refractivity contribution < 1.29 is 9.59 Å². The topological polar surface area (TPSA) is 34.1 Å². The van der Waals surface area contributed by atoms with E-state index in [1.165, 1.54) is 5.57 Å². The summed E-state index contributed by atoms with van der Waals surface area (Å²) in [5, 5.41) is 0. The highest BCUT2D eigenvalue weighted by Crippen LogP contribution is 2.65. The van der Waals surface area contributed by atoms with Gasteiger partial charge >= 0.3 is 0 Å². The van der Waals surface area contributed by atoms with Gasteiger partial charge in [0.05, 0.1) is 0 Å². The van der Waals surface area contributed by atoms with E-state index < -0.39 is 0 Å². The van der Waals surface area contributed by atoms with Crippen LogP contribution in [0.2, 0.25) is 0 Å². The van der Waals surface area contributed by atoms with Crippen LogP contribution >= 0.6 is 0 Å². The van der Waals surface area contributed by atoms with E-state index in [1.807, 2.05) is 24.3 Å². The van der Waals surface area contributed by atoms with E-state index in [0.29, 0.717) is 35.7 Å². The largest absolute Gasteiger partial charge is 0.295 e. The summed E-state index contributed by atoms with van der Waals surface area (Å²) in [5.74, 6) is 2.41. The van der Waals surface area contributed by atoms with E-state index in [2.05, 4.69) is 32.1 Å². The van der Waals surface area contributed by atoms with Gasteiger partial charge < -0.3 is 0 Å². The Morgan fingerprint density at radius 1 is 0.929 bits per heavy atom. The van der Waals surface area contributed by atoms with Crippen molar-refractivity contribution in [2.45, 2.75) is 58.8 Å². The lowest BCUT2D eigenvalue weighted by molar-refractivity contribution is -0.130. The van der Waals surface area contributed by atoms with Crippen LogP contribution in [0.1, 0.15) is 64.4 Å². The van der Waals surface area contributed by atoms with Crippen LogP contribution in [0.25, 0.3) is 6.08 Å². The summed E-state index contributed by atoms with van der Waals surface area (Å²) in [7, 11) is 0. The molecule has 2 heteroatoms. The maximum Gasteiger partial charge on any atom is 0.165 e. The van der Waals surface area contributed by atoms with Gasteiger partial charge in [0.2, 0.25) is 0 Å². The molecule has 4 aliphatic rings. The van der Waals surface area contributed by atoms with Crippen LogP contribution < -0.4 is 0 Å². The molecule has 28 heavy (non-hydrogen) atoms. The second kappa shape index (κ2) is 6.27. The smallest absolute Gasteiger partial charge is 0.165 e. The van der Waals surface area contributed by atoms with Crippen LogP contribution in [-0.2, 0) is 9.59 Å². The lowest BCUT2D eigenvalue weighted by Crippen LogP contribution is -2.50. The second-order valence-corrected chi connectivity index (χ2v) is 10.0. The van der Waals surface area contributed by atoms with Crippen molar-refractivity contribution in [1.82, 2.24) is 0 Å². The third-order valence-corrected chi connectivity index (χ3v) is 8.74. The van der Waals surface area contributed by atoms with Gasteiger partial charge in [-0.2, -0.15) is 0 Å². The molecule has 0 amide bonds.